The van der Waals surface area contributed by atoms with Crippen LogP contribution in [0.25, 0.3) is 0 Å². The van der Waals surface area contributed by atoms with Gasteiger partial charge in [0.15, 0.2) is 0 Å². The van der Waals surface area contributed by atoms with Gasteiger partial charge >= 0.3 is 6.18 Å². The first-order chi connectivity index (χ1) is 9.37. The number of alkyl halides is 3. The van der Waals surface area contributed by atoms with Gasteiger partial charge in [0.05, 0.1) is 6.42 Å². The zero-order chi connectivity index (χ0) is 15.0. The second-order valence-electron chi connectivity index (χ2n) is 4.15. The van der Waals surface area contributed by atoms with E-state index in [1.54, 1.807) is 29.6 Å². The van der Waals surface area contributed by atoms with Crippen molar-refractivity contribution in [3.63, 3.8) is 0 Å². The maximum atomic E-state index is 11.8. The van der Waals surface area contributed by atoms with Crippen LogP contribution in [0.2, 0.25) is 0 Å². The minimum Gasteiger partial charge on any atom is -0.355 e. The minimum atomic E-state index is -4.42. The van der Waals surface area contributed by atoms with Crippen molar-refractivity contribution in [3.8, 4) is 0 Å². The lowest BCUT2D eigenvalue weighted by molar-refractivity contribution is -0.138. The molecule has 1 aromatic carbocycles. The maximum Gasteiger partial charge on any atom is 0.405 e. The smallest absolute Gasteiger partial charge is 0.355 e. The van der Waals surface area contributed by atoms with Gasteiger partial charge in [-0.05, 0) is 5.56 Å². The highest BCUT2D eigenvalue weighted by Gasteiger charge is 2.27. The third-order valence-corrected chi connectivity index (χ3v) is 2.37. The van der Waals surface area contributed by atoms with Crippen LogP contribution < -0.4 is 10.6 Å². The van der Waals surface area contributed by atoms with Gasteiger partial charge in [-0.3, -0.25) is 9.59 Å². The molecule has 1 rings (SSSR count). The van der Waals surface area contributed by atoms with Crippen LogP contribution in [-0.2, 0) is 16.0 Å². The molecule has 0 saturated heterocycles. The third-order valence-electron chi connectivity index (χ3n) is 2.37. The van der Waals surface area contributed by atoms with Gasteiger partial charge in [0.25, 0.3) is 0 Å². The van der Waals surface area contributed by atoms with E-state index in [-0.39, 0.29) is 25.3 Å². The van der Waals surface area contributed by atoms with Crippen molar-refractivity contribution < 1.29 is 22.8 Å². The standard InChI is InChI=1S/C13H15F3N2O2/c14-13(15,16)9-18-11(19)6-7-17-12(20)8-10-4-2-1-3-5-10/h1-5H,6-9H2,(H,17,20)(H,18,19). The summed E-state index contributed by atoms with van der Waals surface area (Å²) in [7, 11) is 0. The summed E-state index contributed by atoms with van der Waals surface area (Å²) in [5.74, 6) is -1.03. The van der Waals surface area contributed by atoms with E-state index in [0.29, 0.717) is 0 Å². The molecular formula is C13H15F3N2O2. The highest BCUT2D eigenvalue weighted by molar-refractivity contribution is 5.80. The molecule has 0 unspecified atom stereocenters. The topological polar surface area (TPSA) is 58.2 Å². The minimum absolute atomic E-state index is 0.00928. The average molecular weight is 288 g/mol. The molecule has 0 radical (unpaired) electrons. The van der Waals surface area contributed by atoms with E-state index in [1.165, 1.54) is 0 Å². The highest BCUT2D eigenvalue weighted by Crippen LogP contribution is 2.12. The van der Waals surface area contributed by atoms with E-state index < -0.39 is 18.6 Å². The van der Waals surface area contributed by atoms with Gasteiger partial charge in [-0.1, -0.05) is 30.3 Å². The van der Waals surface area contributed by atoms with Crippen LogP contribution in [0.5, 0.6) is 0 Å². The first kappa shape index (κ1) is 16.0. The summed E-state index contributed by atoms with van der Waals surface area (Å²) in [6.45, 7) is -1.35. The number of carbonyl (C=O) groups is 2. The molecular weight excluding hydrogens is 273 g/mol. The molecule has 0 aliphatic rings. The fourth-order valence-electron chi connectivity index (χ4n) is 1.45. The first-order valence-electron chi connectivity index (χ1n) is 6.01. The zero-order valence-electron chi connectivity index (χ0n) is 10.7. The Hall–Kier alpha value is -2.05. The molecule has 4 nitrogen and oxygen atoms in total. The van der Waals surface area contributed by atoms with Crippen LogP contribution in [0.15, 0.2) is 30.3 Å². The normalized spacial score (nSPS) is 10.9. The van der Waals surface area contributed by atoms with Gasteiger partial charge in [-0.2, -0.15) is 13.2 Å². The number of nitrogens with one attached hydrogen (secondary N) is 2. The molecule has 0 aromatic heterocycles. The number of rotatable bonds is 6. The van der Waals surface area contributed by atoms with Crippen LogP contribution in [-0.4, -0.2) is 31.1 Å². The number of halogens is 3. The van der Waals surface area contributed by atoms with Gasteiger partial charge in [-0.25, -0.2) is 0 Å². The van der Waals surface area contributed by atoms with Crippen LogP contribution in [0.3, 0.4) is 0 Å². The molecule has 1 aromatic rings. The lowest BCUT2D eigenvalue weighted by atomic mass is 10.1. The molecule has 0 aliphatic heterocycles. The second kappa shape index (κ2) is 7.52. The van der Waals surface area contributed by atoms with Crippen LogP contribution in [0.1, 0.15) is 12.0 Å². The molecule has 0 bridgehead atoms. The maximum absolute atomic E-state index is 11.8. The molecule has 20 heavy (non-hydrogen) atoms. The van der Waals surface area contributed by atoms with Gasteiger partial charge in [0.1, 0.15) is 6.54 Å². The molecule has 0 spiro atoms. The predicted octanol–water partition coefficient (Wildman–Crippen LogP) is 1.41. The fourth-order valence-corrected chi connectivity index (χ4v) is 1.45. The average Bonchev–Trinajstić information content (AvgIpc) is 2.37. The molecule has 110 valence electrons. The lowest BCUT2D eigenvalue weighted by Gasteiger charge is -2.09. The lowest BCUT2D eigenvalue weighted by Crippen LogP contribution is -2.36. The Bertz CT molecular complexity index is 447. The summed E-state index contributed by atoms with van der Waals surface area (Å²) in [5, 5.41) is 4.21. The number of hydrogen-bond donors (Lipinski definition) is 2. The van der Waals surface area contributed by atoms with Crippen molar-refractivity contribution in [1.82, 2.24) is 10.6 Å². The summed E-state index contributed by atoms with van der Waals surface area (Å²) in [6.07, 6.45) is -4.44. The molecule has 0 fully saturated rings. The monoisotopic (exact) mass is 288 g/mol. The Kier molecular flexibility index (Phi) is 6.02. The van der Waals surface area contributed by atoms with Crippen molar-refractivity contribution in [2.24, 2.45) is 0 Å². The van der Waals surface area contributed by atoms with Crippen LogP contribution in [0, 0.1) is 0 Å². The van der Waals surface area contributed by atoms with E-state index in [1.807, 2.05) is 6.07 Å². The Morgan fingerprint density at radius 3 is 2.25 bits per heavy atom. The zero-order valence-corrected chi connectivity index (χ0v) is 10.7. The summed E-state index contributed by atoms with van der Waals surface area (Å²) in [4.78, 5) is 22.6. The Morgan fingerprint density at radius 2 is 1.65 bits per heavy atom. The summed E-state index contributed by atoms with van der Waals surface area (Å²) >= 11 is 0. The van der Waals surface area contributed by atoms with Crippen molar-refractivity contribution in [1.29, 1.82) is 0 Å². The van der Waals surface area contributed by atoms with Gasteiger partial charge < -0.3 is 10.6 Å². The molecule has 2 N–H and O–H groups in total. The largest absolute Gasteiger partial charge is 0.405 e. The van der Waals surface area contributed by atoms with E-state index >= 15 is 0 Å². The van der Waals surface area contributed by atoms with Crippen molar-refractivity contribution in [2.45, 2.75) is 19.0 Å². The molecule has 0 atom stereocenters. The SMILES string of the molecule is O=C(CCNC(=O)Cc1ccccc1)NCC(F)(F)F. The van der Waals surface area contributed by atoms with Gasteiger partial charge in [0, 0.05) is 13.0 Å². The van der Waals surface area contributed by atoms with Crippen molar-refractivity contribution in [3.05, 3.63) is 35.9 Å². The number of carbonyl (C=O) groups excluding carboxylic acids is 2. The second-order valence-corrected chi connectivity index (χ2v) is 4.15. The van der Waals surface area contributed by atoms with Gasteiger partial charge in [0.2, 0.25) is 11.8 Å². The Labute approximate surface area is 114 Å². The quantitative estimate of drug-likeness (QED) is 0.831. The number of hydrogen-bond acceptors (Lipinski definition) is 2. The summed E-state index contributed by atoms with van der Waals surface area (Å²) in [5.41, 5.74) is 0.825. The summed E-state index contributed by atoms with van der Waals surface area (Å²) < 4.78 is 35.5. The Balaban J connectivity index is 2.17. The van der Waals surface area contributed by atoms with Crippen LogP contribution in [0.4, 0.5) is 13.2 Å². The summed E-state index contributed by atoms with van der Waals surface area (Å²) in [6, 6.07) is 9.00. The molecule has 0 aliphatic carbocycles. The fraction of sp³-hybridized carbons (Fsp3) is 0.385. The highest BCUT2D eigenvalue weighted by atomic mass is 19.4. The Morgan fingerprint density at radius 1 is 1.00 bits per heavy atom. The number of amides is 2. The molecule has 7 heteroatoms. The van der Waals surface area contributed by atoms with E-state index in [2.05, 4.69) is 5.32 Å². The third kappa shape index (κ3) is 7.40. The molecule has 0 heterocycles. The van der Waals surface area contributed by atoms with Crippen LogP contribution >= 0.6 is 0 Å². The first-order valence-corrected chi connectivity index (χ1v) is 6.01. The van der Waals surface area contributed by atoms with E-state index in [0.717, 1.165) is 5.56 Å². The van der Waals surface area contributed by atoms with E-state index in [4.69, 9.17) is 0 Å². The molecule has 2 amide bonds. The van der Waals surface area contributed by atoms with Crippen molar-refractivity contribution >= 4 is 11.8 Å². The molecule has 0 saturated carbocycles. The van der Waals surface area contributed by atoms with Gasteiger partial charge in [-0.15, -0.1) is 0 Å². The number of benzene rings is 1. The predicted molar refractivity (Wildman–Crippen MR) is 66.8 cm³/mol. The van der Waals surface area contributed by atoms with E-state index in [9.17, 15) is 22.8 Å². The van der Waals surface area contributed by atoms with Crippen molar-refractivity contribution in [2.75, 3.05) is 13.1 Å².